The minimum atomic E-state index is -5.10. The minimum absolute atomic E-state index is 0.0224. The van der Waals surface area contributed by atoms with Crippen LogP contribution in [-0.2, 0) is 19.8 Å². The lowest BCUT2D eigenvalue weighted by molar-refractivity contribution is -0.208. The maximum Gasteiger partial charge on any atom is 0.421 e. The Kier molecular flexibility index (Phi) is 4.57. The number of benzene rings is 1. The van der Waals surface area contributed by atoms with Crippen molar-refractivity contribution in [2.75, 3.05) is 13.7 Å². The van der Waals surface area contributed by atoms with Gasteiger partial charge in [-0.05, 0) is 25.1 Å². The van der Waals surface area contributed by atoms with Crippen molar-refractivity contribution in [3.05, 3.63) is 35.5 Å². The number of H-pyrrole nitrogens is 1. The van der Waals surface area contributed by atoms with E-state index in [9.17, 15) is 22.8 Å². The Bertz CT molecular complexity index is 785. The SMILES string of the molecule is CCOC(=O)[C@](N)(c1c[nH]c2ccc(C(=O)OC)cc12)C(F)(F)F. The number of hydrogen-bond acceptors (Lipinski definition) is 5. The zero-order chi connectivity index (χ0) is 18.1. The van der Waals surface area contributed by atoms with Crippen molar-refractivity contribution in [3.63, 3.8) is 0 Å². The maximum absolute atomic E-state index is 13.6. The Morgan fingerprint density at radius 2 is 1.96 bits per heavy atom. The maximum atomic E-state index is 13.6. The molecule has 130 valence electrons. The number of rotatable bonds is 4. The second-order valence-electron chi connectivity index (χ2n) is 4.98. The summed E-state index contributed by atoms with van der Waals surface area (Å²) >= 11 is 0. The Balaban J connectivity index is 2.71. The molecule has 0 spiro atoms. The van der Waals surface area contributed by atoms with Gasteiger partial charge < -0.3 is 20.2 Å². The predicted molar refractivity (Wildman–Crippen MR) is 78.2 cm³/mol. The Morgan fingerprint density at radius 3 is 2.50 bits per heavy atom. The summed E-state index contributed by atoms with van der Waals surface area (Å²) in [5, 5.41) is -0.0224. The molecule has 0 saturated heterocycles. The van der Waals surface area contributed by atoms with Crippen molar-refractivity contribution in [1.29, 1.82) is 0 Å². The summed E-state index contributed by atoms with van der Waals surface area (Å²) < 4.78 is 49.8. The van der Waals surface area contributed by atoms with Crippen LogP contribution in [0.5, 0.6) is 0 Å². The van der Waals surface area contributed by atoms with Crippen LogP contribution >= 0.6 is 0 Å². The van der Waals surface area contributed by atoms with Gasteiger partial charge in [-0.15, -0.1) is 0 Å². The predicted octanol–water partition coefficient (Wildman–Crippen LogP) is 2.23. The zero-order valence-corrected chi connectivity index (χ0v) is 12.9. The van der Waals surface area contributed by atoms with Crippen LogP contribution in [0.2, 0.25) is 0 Å². The Labute approximate surface area is 134 Å². The number of hydrogen-bond donors (Lipinski definition) is 2. The van der Waals surface area contributed by atoms with Crippen LogP contribution < -0.4 is 5.73 Å². The van der Waals surface area contributed by atoms with E-state index in [2.05, 4.69) is 14.5 Å². The number of aromatic nitrogens is 1. The summed E-state index contributed by atoms with van der Waals surface area (Å²) in [7, 11) is 1.14. The van der Waals surface area contributed by atoms with Gasteiger partial charge in [0.15, 0.2) is 0 Å². The van der Waals surface area contributed by atoms with Crippen molar-refractivity contribution in [2.24, 2.45) is 5.73 Å². The van der Waals surface area contributed by atoms with E-state index in [0.717, 1.165) is 13.3 Å². The van der Waals surface area contributed by atoms with Gasteiger partial charge in [0.25, 0.3) is 0 Å². The fraction of sp³-hybridized carbons (Fsp3) is 0.333. The normalized spacial score (nSPS) is 14.2. The standard InChI is InChI=1S/C15H15F3N2O4/c1-3-24-13(22)14(19,15(16,17)18)10-7-20-11-5-4-8(6-9(10)11)12(21)23-2/h4-7,20H,3,19H2,1-2H3/t14-/m1/s1. The van der Waals surface area contributed by atoms with Crippen LogP contribution in [0.25, 0.3) is 10.9 Å². The summed E-state index contributed by atoms with van der Waals surface area (Å²) in [6.45, 7) is 1.11. The van der Waals surface area contributed by atoms with Crippen LogP contribution in [0.4, 0.5) is 13.2 Å². The van der Waals surface area contributed by atoms with E-state index in [1.165, 1.54) is 25.1 Å². The average Bonchev–Trinajstić information content (AvgIpc) is 2.95. The van der Waals surface area contributed by atoms with Crippen molar-refractivity contribution < 1.29 is 32.2 Å². The summed E-state index contributed by atoms with van der Waals surface area (Å²) in [5.74, 6) is -2.35. The largest absolute Gasteiger partial charge is 0.465 e. The average molecular weight is 344 g/mol. The summed E-state index contributed by atoms with van der Waals surface area (Å²) in [6.07, 6.45) is -4.12. The molecule has 0 aliphatic rings. The lowest BCUT2D eigenvalue weighted by Crippen LogP contribution is -2.57. The second-order valence-corrected chi connectivity index (χ2v) is 4.98. The fourth-order valence-electron chi connectivity index (χ4n) is 2.32. The molecular weight excluding hydrogens is 329 g/mol. The first kappa shape index (κ1) is 17.8. The second kappa shape index (κ2) is 6.16. The van der Waals surface area contributed by atoms with Gasteiger partial charge in [0.1, 0.15) is 0 Å². The van der Waals surface area contributed by atoms with E-state index in [1.54, 1.807) is 0 Å². The topological polar surface area (TPSA) is 94.4 Å². The molecule has 0 unspecified atom stereocenters. The number of esters is 2. The third-order valence-electron chi connectivity index (χ3n) is 3.57. The van der Waals surface area contributed by atoms with Gasteiger partial charge in [-0.1, -0.05) is 0 Å². The summed E-state index contributed by atoms with van der Waals surface area (Å²) in [5.41, 5.74) is 1.87. The number of carbonyl (C=O) groups excluding carboxylic acids is 2. The summed E-state index contributed by atoms with van der Waals surface area (Å²) in [4.78, 5) is 26.2. The van der Waals surface area contributed by atoms with Gasteiger partial charge >= 0.3 is 18.1 Å². The van der Waals surface area contributed by atoms with Crippen molar-refractivity contribution in [2.45, 2.75) is 18.6 Å². The molecular formula is C15H15F3N2O4. The van der Waals surface area contributed by atoms with E-state index >= 15 is 0 Å². The van der Waals surface area contributed by atoms with E-state index < -0.39 is 29.2 Å². The molecule has 1 aromatic heterocycles. The smallest absolute Gasteiger partial charge is 0.421 e. The molecule has 0 radical (unpaired) electrons. The first-order chi connectivity index (χ1) is 11.2. The lowest BCUT2D eigenvalue weighted by Gasteiger charge is -2.29. The number of aromatic amines is 1. The van der Waals surface area contributed by atoms with Gasteiger partial charge in [0, 0.05) is 22.7 Å². The first-order valence-corrected chi connectivity index (χ1v) is 6.89. The lowest BCUT2D eigenvalue weighted by atomic mass is 9.89. The highest BCUT2D eigenvalue weighted by Gasteiger charge is 2.61. The van der Waals surface area contributed by atoms with E-state index in [1.807, 2.05) is 0 Å². The number of ether oxygens (including phenoxy) is 2. The van der Waals surface area contributed by atoms with E-state index in [-0.39, 0.29) is 23.1 Å². The highest BCUT2D eigenvalue weighted by atomic mass is 19.4. The number of fused-ring (bicyclic) bond motifs is 1. The quantitative estimate of drug-likeness (QED) is 0.830. The highest BCUT2D eigenvalue weighted by molar-refractivity contribution is 5.98. The molecule has 0 bridgehead atoms. The molecule has 0 aliphatic carbocycles. The molecule has 1 heterocycles. The number of carbonyl (C=O) groups is 2. The fourth-order valence-corrected chi connectivity index (χ4v) is 2.32. The van der Waals surface area contributed by atoms with E-state index in [0.29, 0.717) is 0 Å². The minimum Gasteiger partial charge on any atom is -0.465 e. The summed E-state index contributed by atoms with van der Waals surface area (Å²) in [6, 6.07) is 3.96. The zero-order valence-electron chi connectivity index (χ0n) is 12.9. The van der Waals surface area contributed by atoms with Crippen LogP contribution in [0.1, 0.15) is 22.8 Å². The van der Waals surface area contributed by atoms with Crippen molar-refractivity contribution >= 4 is 22.8 Å². The van der Waals surface area contributed by atoms with Crippen LogP contribution in [0.3, 0.4) is 0 Å². The molecule has 9 heteroatoms. The van der Waals surface area contributed by atoms with Gasteiger partial charge in [-0.25, -0.2) is 9.59 Å². The van der Waals surface area contributed by atoms with Crippen LogP contribution in [0, 0.1) is 0 Å². The van der Waals surface area contributed by atoms with Crippen molar-refractivity contribution in [1.82, 2.24) is 4.98 Å². The molecule has 24 heavy (non-hydrogen) atoms. The molecule has 0 fully saturated rings. The number of halogens is 3. The molecule has 1 atom stereocenters. The molecule has 3 N–H and O–H groups in total. The first-order valence-electron chi connectivity index (χ1n) is 6.89. The third-order valence-corrected chi connectivity index (χ3v) is 3.57. The monoisotopic (exact) mass is 344 g/mol. The molecule has 0 amide bonds. The molecule has 6 nitrogen and oxygen atoms in total. The Hall–Kier alpha value is -2.55. The third kappa shape index (κ3) is 2.71. The molecule has 2 aromatic rings. The van der Waals surface area contributed by atoms with Crippen LogP contribution in [0.15, 0.2) is 24.4 Å². The highest BCUT2D eigenvalue weighted by Crippen LogP contribution is 2.41. The molecule has 1 aromatic carbocycles. The van der Waals surface area contributed by atoms with Gasteiger partial charge in [0.05, 0.1) is 19.3 Å². The van der Waals surface area contributed by atoms with Gasteiger partial charge in [-0.3, -0.25) is 0 Å². The number of alkyl halides is 3. The molecule has 0 saturated carbocycles. The van der Waals surface area contributed by atoms with Crippen LogP contribution in [-0.4, -0.2) is 36.8 Å². The number of nitrogens with one attached hydrogen (secondary N) is 1. The number of methoxy groups -OCH3 is 1. The van der Waals surface area contributed by atoms with Gasteiger partial charge in [0.2, 0.25) is 5.54 Å². The molecule has 2 rings (SSSR count). The van der Waals surface area contributed by atoms with Crippen molar-refractivity contribution in [3.8, 4) is 0 Å². The molecule has 0 aliphatic heterocycles. The Morgan fingerprint density at radius 1 is 1.29 bits per heavy atom. The van der Waals surface area contributed by atoms with Gasteiger partial charge in [-0.2, -0.15) is 13.2 Å². The number of nitrogens with two attached hydrogens (primary N) is 1. The van der Waals surface area contributed by atoms with E-state index in [4.69, 9.17) is 5.73 Å².